The van der Waals surface area contributed by atoms with Crippen molar-refractivity contribution in [1.29, 1.82) is 0 Å². The number of nitrogens with zero attached hydrogens (tertiary/aromatic N) is 1. The minimum atomic E-state index is -0.437. The first-order chi connectivity index (χ1) is 8.09. The SMILES string of the molecule is O=[N+]([O-])c1ccc(S)cc1.Sc1ccccc1. The van der Waals surface area contributed by atoms with E-state index in [1.54, 1.807) is 12.1 Å². The smallest absolute Gasteiger partial charge is 0.258 e. The maximum absolute atomic E-state index is 10.1. The van der Waals surface area contributed by atoms with Gasteiger partial charge < -0.3 is 0 Å². The first-order valence-corrected chi connectivity index (χ1v) is 5.66. The third kappa shape index (κ3) is 5.42. The second-order valence-corrected chi connectivity index (χ2v) is 4.14. The first kappa shape index (κ1) is 13.6. The van der Waals surface area contributed by atoms with Crippen molar-refractivity contribution in [2.45, 2.75) is 9.79 Å². The maximum atomic E-state index is 10.1. The van der Waals surface area contributed by atoms with Crippen molar-refractivity contribution >= 4 is 30.9 Å². The number of non-ortho nitro benzene ring substituents is 1. The Hall–Kier alpha value is -1.46. The lowest BCUT2D eigenvalue weighted by Gasteiger charge is -1.89. The van der Waals surface area contributed by atoms with E-state index in [1.165, 1.54) is 12.1 Å². The van der Waals surface area contributed by atoms with E-state index in [1.807, 2.05) is 30.3 Å². The number of hydrogen-bond acceptors (Lipinski definition) is 4. The van der Waals surface area contributed by atoms with Gasteiger partial charge >= 0.3 is 0 Å². The van der Waals surface area contributed by atoms with E-state index in [-0.39, 0.29) is 5.69 Å². The number of hydrogen-bond donors (Lipinski definition) is 2. The number of thiol groups is 2. The van der Waals surface area contributed by atoms with Crippen LogP contribution in [0.4, 0.5) is 5.69 Å². The van der Waals surface area contributed by atoms with Gasteiger partial charge in [-0.15, -0.1) is 25.3 Å². The third-order valence-electron chi connectivity index (χ3n) is 1.82. The molecule has 5 heteroatoms. The van der Waals surface area contributed by atoms with Crippen molar-refractivity contribution in [2.24, 2.45) is 0 Å². The van der Waals surface area contributed by atoms with Crippen LogP contribution in [0.15, 0.2) is 64.4 Å². The van der Waals surface area contributed by atoms with Crippen molar-refractivity contribution in [3.05, 3.63) is 64.7 Å². The molecule has 0 aromatic heterocycles. The molecule has 0 bridgehead atoms. The van der Waals surface area contributed by atoms with Crippen LogP contribution in [0.1, 0.15) is 0 Å². The molecule has 0 N–H and O–H groups in total. The van der Waals surface area contributed by atoms with E-state index in [4.69, 9.17) is 0 Å². The van der Waals surface area contributed by atoms with Crippen LogP contribution in [0, 0.1) is 10.1 Å². The lowest BCUT2D eigenvalue weighted by Crippen LogP contribution is -1.85. The number of nitro benzene ring substituents is 1. The molecular formula is C12H11NO2S2. The van der Waals surface area contributed by atoms with Crippen LogP contribution >= 0.6 is 25.3 Å². The van der Waals surface area contributed by atoms with Crippen molar-refractivity contribution in [3.63, 3.8) is 0 Å². The largest absolute Gasteiger partial charge is 0.269 e. The molecule has 0 amide bonds. The molecule has 0 aliphatic carbocycles. The van der Waals surface area contributed by atoms with Crippen LogP contribution in [0.2, 0.25) is 0 Å². The van der Waals surface area contributed by atoms with Gasteiger partial charge in [0.1, 0.15) is 0 Å². The summed E-state index contributed by atoms with van der Waals surface area (Å²) in [6, 6.07) is 15.8. The van der Waals surface area contributed by atoms with Crippen molar-refractivity contribution < 1.29 is 4.92 Å². The highest BCUT2D eigenvalue weighted by Gasteiger charge is 2.00. The standard InChI is InChI=1S/C6H5NO2S.C6H6S/c8-7(9)5-1-3-6(10)4-2-5;7-6-4-2-1-3-5-6/h1-4,10H;1-5,7H. The van der Waals surface area contributed by atoms with Crippen LogP contribution in [-0.2, 0) is 0 Å². The second-order valence-electron chi connectivity index (χ2n) is 3.11. The van der Waals surface area contributed by atoms with E-state index < -0.39 is 4.92 Å². The highest BCUT2D eigenvalue weighted by atomic mass is 32.1. The second kappa shape index (κ2) is 6.98. The van der Waals surface area contributed by atoms with Crippen LogP contribution in [0.5, 0.6) is 0 Å². The van der Waals surface area contributed by atoms with Gasteiger partial charge in [-0.25, -0.2) is 0 Å². The van der Waals surface area contributed by atoms with Crippen molar-refractivity contribution in [2.75, 3.05) is 0 Å². The van der Waals surface area contributed by atoms with E-state index >= 15 is 0 Å². The summed E-state index contributed by atoms with van der Waals surface area (Å²) >= 11 is 8.06. The molecule has 2 aromatic rings. The predicted octanol–water partition coefficient (Wildman–Crippen LogP) is 3.86. The number of rotatable bonds is 1. The summed E-state index contributed by atoms with van der Waals surface area (Å²) in [5, 5.41) is 10.1. The minimum absolute atomic E-state index is 0.0952. The molecule has 0 fully saturated rings. The lowest BCUT2D eigenvalue weighted by molar-refractivity contribution is -0.384. The summed E-state index contributed by atoms with van der Waals surface area (Å²) in [7, 11) is 0. The van der Waals surface area contributed by atoms with Gasteiger partial charge in [-0.3, -0.25) is 10.1 Å². The topological polar surface area (TPSA) is 43.1 Å². The van der Waals surface area contributed by atoms with Gasteiger partial charge in [0.2, 0.25) is 0 Å². The van der Waals surface area contributed by atoms with E-state index in [0.717, 1.165) is 9.79 Å². The normalized spacial score (nSPS) is 9.06. The predicted molar refractivity (Wildman–Crippen MR) is 74.0 cm³/mol. The average molecular weight is 265 g/mol. The maximum Gasteiger partial charge on any atom is 0.269 e. The molecule has 0 atom stereocenters. The Morgan fingerprint density at radius 1 is 0.824 bits per heavy atom. The highest BCUT2D eigenvalue weighted by molar-refractivity contribution is 7.80. The number of benzene rings is 2. The molecule has 2 aromatic carbocycles. The molecule has 0 aliphatic rings. The molecule has 17 heavy (non-hydrogen) atoms. The molecule has 2 rings (SSSR count). The zero-order chi connectivity index (χ0) is 12.7. The minimum Gasteiger partial charge on any atom is -0.258 e. The summed E-state index contributed by atoms with van der Waals surface area (Å²) in [6.07, 6.45) is 0. The van der Waals surface area contributed by atoms with Crippen LogP contribution < -0.4 is 0 Å². The summed E-state index contributed by atoms with van der Waals surface area (Å²) in [5.74, 6) is 0. The van der Waals surface area contributed by atoms with Gasteiger partial charge in [-0.2, -0.15) is 0 Å². The van der Waals surface area contributed by atoms with Crippen LogP contribution in [0.25, 0.3) is 0 Å². The molecule has 3 nitrogen and oxygen atoms in total. The van der Waals surface area contributed by atoms with Gasteiger partial charge in [0.25, 0.3) is 5.69 Å². The quantitative estimate of drug-likeness (QED) is 0.467. The average Bonchev–Trinajstić information content (AvgIpc) is 2.31. The molecule has 0 unspecified atom stereocenters. The summed E-state index contributed by atoms with van der Waals surface area (Å²) in [4.78, 5) is 11.4. The van der Waals surface area contributed by atoms with Gasteiger partial charge in [0, 0.05) is 21.9 Å². The van der Waals surface area contributed by atoms with Gasteiger partial charge in [0.05, 0.1) is 4.92 Å². The molecule has 0 saturated heterocycles. The Balaban J connectivity index is 0.000000181. The zero-order valence-corrected chi connectivity index (χ0v) is 10.6. The van der Waals surface area contributed by atoms with E-state index in [0.29, 0.717) is 0 Å². The van der Waals surface area contributed by atoms with Crippen molar-refractivity contribution in [3.8, 4) is 0 Å². The lowest BCUT2D eigenvalue weighted by atomic mass is 10.3. The van der Waals surface area contributed by atoms with Crippen LogP contribution in [-0.4, -0.2) is 4.92 Å². The van der Waals surface area contributed by atoms with Crippen LogP contribution in [0.3, 0.4) is 0 Å². The van der Waals surface area contributed by atoms with Crippen molar-refractivity contribution in [1.82, 2.24) is 0 Å². The summed E-state index contributed by atoms with van der Waals surface area (Å²) < 4.78 is 0. The molecule has 0 spiro atoms. The molecule has 0 radical (unpaired) electrons. The Morgan fingerprint density at radius 3 is 1.65 bits per heavy atom. The van der Waals surface area contributed by atoms with Gasteiger partial charge in [0.15, 0.2) is 0 Å². The van der Waals surface area contributed by atoms with E-state index in [2.05, 4.69) is 25.3 Å². The highest BCUT2D eigenvalue weighted by Crippen LogP contribution is 2.13. The third-order valence-corrected chi connectivity index (χ3v) is 2.41. The Bertz CT molecular complexity index is 472. The fourth-order valence-corrected chi connectivity index (χ4v) is 1.32. The summed E-state index contributed by atoms with van der Waals surface area (Å²) in [6.45, 7) is 0. The first-order valence-electron chi connectivity index (χ1n) is 4.77. The monoisotopic (exact) mass is 265 g/mol. The molecular weight excluding hydrogens is 254 g/mol. The molecule has 0 aliphatic heterocycles. The van der Waals surface area contributed by atoms with E-state index in [9.17, 15) is 10.1 Å². The van der Waals surface area contributed by atoms with Gasteiger partial charge in [-0.05, 0) is 24.3 Å². The zero-order valence-electron chi connectivity index (χ0n) is 8.85. The fraction of sp³-hybridized carbons (Fsp3) is 0. The van der Waals surface area contributed by atoms with Gasteiger partial charge in [-0.1, -0.05) is 18.2 Å². The summed E-state index contributed by atoms with van der Waals surface area (Å²) in [5.41, 5.74) is 0.0952. The Kier molecular flexibility index (Phi) is 5.59. The Morgan fingerprint density at radius 2 is 1.29 bits per heavy atom. The molecule has 0 heterocycles. The number of nitro groups is 1. The Labute approximate surface area is 110 Å². The fourth-order valence-electron chi connectivity index (χ4n) is 1.00. The molecule has 88 valence electrons. The molecule has 0 saturated carbocycles.